The van der Waals surface area contributed by atoms with E-state index in [2.05, 4.69) is 15.6 Å². The summed E-state index contributed by atoms with van der Waals surface area (Å²) in [4.78, 5) is 26.7. The van der Waals surface area contributed by atoms with Crippen molar-refractivity contribution >= 4 is 12.0 Å². The number of rotatable bonds is 6. The Morgan fingerprint density at radius 2 is 1.95 bits per heavy atom. The van der Waals surface area contributed by atoms with E-state index in [1.807, 2.05) is 6.92 Å². The molecule has 1 aromatic rings. The Kier molecular flexibility index (Phi) is 5.54. The van der Waals surface area contributed by atoms with Crippen LogP contribution in [0.25, 0.3) is 0 Å². The highest BCUT2D eigenvalue weighted by molar-refractivity contribution is 5.75. The molecule has 1 atom stereocenters. The molecule has 0 aliphatic heterocycles. The molecule has 7 heteroatoms. The van der Waals surface area contributed by atoms with Crippen molar-refractivity contribution in [2.24, 2.45) is 11.8 Å². The minimum atomic E-state index is -0.917. The summed E-state index contributed by atoms with van der Waals surface area (Å²) in [5.74, 6) is -0.433. The van der Waals surface area contributed by atoms with Crippen LogP contribution in [0, 0.1) is 25.7 Å². The number of carboxylic acids is 1. The molecule has 0 saturated carbocycles. The largest absolute Gasteiger partial charge is 0.481 e. The summed E-state index contributed by atoms with van der Waals surface area (Å²) in [6, 6.07) is -0.439. The van der Waals surface area contributed by atoms with Crippen molar-refractivity contribution in [3.63, 3.8) is 0 Å². The van der Waals surface area contributed by atoms with E-state index >= 15 is 0 Å². The van der Waals surface area contributed by atoms with E-state index in [4.69, 9.17) is 9.52 Å². The molecule has 0 aliphatic carbocycles. The molecular weight excluding hydrogens is 262 g/mol. The molecule has 0 fully saturated rings. The zero-order valence-electron chi connectivity index (χ0n) is 12.2. The number of oxazole rings is 1. The second-order valence-corrected chi connectivity index (χ2v) is 5.00. The molecule has 0 aliphatic rings. The molecule has 112 valence electrons. The van der Waals surface area contributed by atoms with Gasteiger partial charge in [-0.05, 0) is 19.8 Å². The van der Waals surface area contributed by atoms with Crippen molar-refractivity contribution in [2.75, 3.05) is 6.54 Å². The zero-order chi connectivity index (χ0) is 15.3. The van der Waals surface area contributed by atoms with Crippen molar-refractivity contribution in [1.82, 2.24) is 15.6 Å². The number of carbonyl (C=O) groups is 2. The summed E-state index contributed by atoms with van der Waals surface area (Å²) in [7, 11) is 0. The molecule has 1 unspecified atom stereocenters. The van der Waals surface area contributed by atoms with Crippen LogP contribution in [0.4, 0.5) is 4.79 Å². The Morgan fingerprint density at radius 3 is 2.40 bits per heavy atom. The number of aromatic nitrogens is 1. The van der Waals surface area contributed by atoms with Crippen LogP contribution in [0.15, 0.2) is 4.42 Å². The molecule has 3 N–H and O–H groups in total. The molecule has 1 heterocycles. The lowest BCUT2D eigenvalue weighted by Crippen LogP contribution is -2.41. The normalized spacial score (nSPS) is 12.2. The fourth-order valence-corrected chi connectivity index (χ4v) is 1.64. The zero-order valence-corrected chi connectivity index (χ0v) is 12.2. The van der Waals surface area contributed by atoms with E-state index in [1.165, 1.54) is 0 Å². The van der Waals surface area contributed by atoms with Crippen molar-refractivity contribution in [2.45, 2.75) is 34.2 Å². The van der Waals surface area contributed by atoms with Gasteiger partial charge in [0.15, 0.2) is 0 Å². The summed E-state index contributed by atoms with van der Waals surface area (Å²) in [6.45, 7) is 7.48. The summed E-state index contributed by atoms with van der Waals surface area (Å²) in [6.07, 6.45) is 0. The number of aryl methyl sites for hydroxylation is 2. The summed E-state index contributed by atoms with van der Waals surface area (Å²) >= 11 is 0. The highest BCUT2D eigenvalue weighted by Gasteiger charge is 2.21. The average molecular weight is 283 g/mol. The number of urea groups is 1. The van der Waals surface area contributed by atoms with Crippen LogP contribution < -0.4 is 10.6 Å². The van der Waals surface area contributed by atoms with Gasteiger partial charge in [0.2, 0.25) is 5.89 Å². The van der Waals surface area contributed by atoms with Gasteiger partial charge in [0.05, 0.1) is 18.2 Å². The van der Waals surface area contributed by atoms with E-state index in [0.717, 1.165) is 5.69 Å². The third kappa shape index (κ3) is 4.56. The first-order chi connectivity index (χ1) is 9.31. The van der Waals surface area contributed by atoms with Gasteiger partial charge in [0, 0.05) is 6.54 Å². The number of hydrogen-bond acceptors (Lipinski definition) is 4. The Hall–Kier alpha value is -2.05. The van der Waals surface area contributed by atoms with Crippen LogP contribution in [-0.2, 0) is 11.3 Å². The predicted octanol–water partition coefficient (Wildman–Crippen LogP) is 1.45. The Morgan fingerprint density at radius 1 is 1.30 bits per heavy atom. The standard InChI is InChI=1S/C13H21N3O4/c1-7(2)10(12(17)18)5-14-13(19)15-6-11-16-8(3)9(4)20-11/h7,10H,5-6H2,1-4H3,(H,17,18)(H2,14,15,19). The average Bonchev–Trinajstić information content (AvgIpc) is 2.65. The minimum absolute atomic E-state index is 0.0511. The fourth-order valence-electron chi connectivity index (χ4n) is 1.64. The van der Waals surface area contributed by atoms with Crippen molar-refractivity contribution in [1.29, 1.82) is 0 Å². The van der Waals surface area contributed by atoms with Gasteiger partial charge >= 0.3 is 12.0 Å². The summed E-state index contributed by atoms with van der Waals surface area (Å²) < 4.78 is 5.32. The number of nitrogens with one attached hydrogen (secondary N) is 2. The molecule has 2 amide bonds. The third-order valence-corrected chi connectivity index (χ3v) is 3.08. The maximum atomic E-state index is 11.6. The minimum Gasteiger partial charge on any atom is -0.481 e. The summed E-state index contributed by atoms with van der Waals surface area (Å²) in [5.41, 5.74) is 0.785. The maximum Gasteiger partial charge on any atom is 0.315 e. The molecule has 0 radical (unpaired) electrons. The van der Waals surface area contributed by atoms with Crippen molar-refractivity contribution in [3.05, 3.63) is 17.3 Å². The molecule has 0 bridgehead atoms. The SMILES string of the molecule is Cc1nc(CNC(=O)NCC(C(=O)O)C(C)C)oc1C. The van der Waals surface area contributed by atoms with Gasteiger partial charge in [-0.1, -0.05) is 13.8 Å². The highest BCUT2D eigenvalue weighted by atomic mass is 16.4. The first-order valence-corrected chi connectivity index (χ1v) is 6.48. The molecule has 7 nitrogen and oxygen atoms in total. The van der Waals surface area contributed by atoms with E-state index in [-0.39, 0.29) is 19.0 Å². The Bertz CT molecular complexity index is 462. The van der Waals surface area contributed by atoms with Crippen LogP contribution >= 0.6 is 0 Å². The van der Waals surface area contributed by atoms with E-state index in [9.17, 15) is 9.59 Å². The van der Waals surface area contributed by atoms with Gasteiger partial charge in [-0.15, -0.1) is 0 Å². The molecule has 20 heavy (non-hydrogen) atoms. The second kappa shape index (κ2) is 6.93. The van der Waals surface area contributed by atoms with Gasteiger partial charge in [-0.2, -0.15) is 0 Å². The Balaban J connectivity index is 2.38. The van der Waals surface area contributed by atoms with Crippen LogP contribution in [-0.4, -0.2) is 28.6 Å². The number of amides is 2. The van der Waals surface area contributed by atoms with E-state index in [1.54, 1.807) is 20.8 Å². The van der Waals surface area contributed by atoms with Gasteiger partial charge in [-0.25, -0.2) is 9.78 Å². The lowest BCUT2D eigenvalue weighted by molar-refractivity contribution is -0.142. The first-order valence-electron chi connectivity index (χ1n) is 6.48. The molecule has 1 aromatic heterocycles. The topological polar surface area (TPSA) is 104 Å². The van der Waals surface area contributed by atoms with Crippen LogP contribution in [0.2, 0.25) is 0 Å². The van der Waals surface area contributed by atoms with Crippen molar-refractivity contribution < 1.29 is 19.1 Å². The number of nitrogens with zero attached hydrogens (tertiary/aromatic N) is 1. The number of aliphatic carboxylic acids is 1. The molecule has 0 saturated heterocycles. The quantitative estimate of drug-likeness (QED) is 0.733. The molecular formula is C13H21N3O4. The van der Waals surface area contributed by atoms with Gasteiger partial charge < -0.3 is 20.2 Å². The summed E-state index contributed by atoms with van der Waals surface area (Å²) in [5, 5.41) is 14.1. The number of hydrogen-bond donors (Lipinski definition) is 3. The van der Waals surface area contributed by atoms with Gasteiger partial charge in [0.1, 0.15) is 5.76 Å². The monoisotopic (exact) mass is 283 g/mol. The Labute approximate surface area is 117 Å². The predicted molar refractivity (Wildman–Crippen MR) is 72.2 cm³/mol. The third-order valence-electron chi connectivity index (χ3n) is 3.08. The fraction of sp³-hybridized carbons (Fsp3) is 0.615. The van der Waals surface area contributed by atoms with E-state index in [0.29, 0.717) is 11.7 Å². The van der Waals surface area contributed by atoms with Gasteiger partial charge in [-0.3, -0.25) is 4.79 Å². The van der Waals surface area contributed by atoms with Crippen LogP contribution in [0.3, 0.4) is 0 Å². The maximum absolute atomic E-state index is 11.6. The molecule has 0 aromatic carbocycles. The molecule has 0 spiro atoms. The van der Waals surface area contributed by atoms with Crippen molar-refractivity contribution in [3.8, 4) is 0 Å². The van der Waals surface area contributed by atoms with Crippen LogP contribution in [0.5, 0.6) is 0 Å². The number of carboxylic acid groups (broad SMARTS) is 1. The lowest BCUT2D eigenvalue weighted by Gasteiger charge is -2.16. The van der Waals surface area contributed by atoms with E-state index < -0.39 is 17.9 Å². The second-order valence-electron chi connectivity index (χ2n) is 5.00. The van der Waals surface area contributed by atoms with Gasteiger partial charge in [0.25, 0.3) is 0 Å². The van der Waals surface area contributed by atoms with Crippen LogP contribution in [0.1, 0.15) is 31.2 Å². The smallest absolute Gasteiger partial charge is 0.315 e. The first kappa shape index (κ1) is 16.0. The molecule has 1 rings (SSSR count). The highest BCUT2D eigenvalue weighted by Crippen LogP contribution is 2.10. The number of carbonyl (C=O) groups excluding carboxylic acids is 1. The lowest BCUT2D eigenvalue weighted by atomic mass is 9.96.